The van der Waals surface area contributed by atoms with Crippen LogP contribution in [0.2, 0.25) is 0 Å². The molecule has 0 bridgehead atoms. The first kappa shape index (κ1) is 22.1. The summed E-state index contributed by atoms with van der Waals surface area (Å²) >= 11 is 0. The van der Waals surface area contributed by atoms with Gasteiger partial charge >= 0.3 is 7.12 Å². The molecule has 0 aliphatic carbocycles. The maximum atomic E-state index is 11.9. The molecule has 3 heterocycles. The van der Waals surface area contributed by atoms with E-state index in [1.807, 2.05) is 19.1 Å². The number of nitrogens with one attached hydrogen (secondary N) is 2. The zero-order chi connectivity index (χ0) is 23.8. The molecule has 0 radical (unpaired) electrons. The number of carbonyl (C=O) groups excluding carboxylic acids is 1. The molecule has 9 nitrogen and oxygen atoms in total. The predicted molar refractivity (Wildman–Crippen MR) is 130 cm³/mol. The monoisotopic (exact) mass is 457 g/mol. The second-order valence-corrected chi connectivity index (χ2v) is 8.31. The van der Waals surface area contributed by atoms with Gasteiger partial charge in [0, 0.05) is 35.2 Å². The van der Waals surface area contributed by atoms with Gasteiger partial charge in [-0.15, -0.1) is 0 Å². The van der Waals surface area contributed by atoms with Gasteiger partial charge < -0.3 is 30.8 Å². The van der Waals surface area contributed by atoms with Crippen molar-refractivity contribution < 1.29 is 19.6 Å². The van der Waals surface area contributed by atoms with E-state index >= 15 is 0 Å². The molecule has 0 fully saturated rings. The highest BCUT2D eigenvalue weighted by atomic mass is 16.5. The van der Waals surface area contributed by atoms with E-state index in [0.717, 1.165) is 33.5 Å². The van der Waals surface area contributed by atoms with Crippen molar-refractivity contribution in [1.82, 2.24) is 15.0 Å². The Hall–Kier alpha value is -3.73. The van der Waals surface area contributed by atoms with Gasteiger partial charge in [0.05, 0.1) is 30.0 Å². The van der Waals surface area contributed by atoms with Crippen molar-refractivity contribution in [2.24, 2.45) is 5.73 Å². The molecule has 0 unspecified atom stereocenters. The first-order valence-corrected chi connectivity index (χ1v) is 11.0. The summed E-state index contributed by atoms with van der Waals surface area (Å²) in [5, 5.41) is 23.1. The number of anilines is 1. The Morgan fingerprint density at radius 2 is 2.06 bits per heavy atom. The lowest BCUT2D eigenvalue weighted by Gasteiger charge is -2.20. The van der Waals surface area contributed by atoms with Gasteiger partial charge in [-0.1, -0.05) is 36.4 Å². The van der Waals surface area contributed by atoms with Gasteiger partial charge in [-0.2, -0.15) is 0 Å². The molecule has 6 N–H and O–H groups in total. The minimum Gasteiger partial charge on any atom is -0.423 e. The fourth-order valence-corrected chi connectivity index (χ4v) is 4.38. The molecule has 34 heavy (non-hydrogen) atoms. The van der Waals surface area contributed by atoms with Gasteiger partial charge in [0.15, 0.2) is 5.82 Å². The van der Waals surface area contributed by atoms with E-state index in [0.29, 0.717) is 54.4 Å². The number of primary amides is 1. The number of aromatic amines is 1. The number of carbonyl (C=O) groups is 1. The summed E-state index contributed by atoms with van der Waals surface area (Å²) in [6.45, 7) is 3.34. The topological polar surface area (TPSA) is 146 Å². The third-order valence-electron chi connectivity index (χ3n) is 6.04. The number of rotatable bonds is 6. The Bertz CT molecular complexity index is 1400. The van der Waals surface area contributed by atoms with Gasteiger partial charge in [-0.3, -0.25) is 4.79 Å². The van der Waals surface area contributed by atoms with E-state index in [1.54, 1.807) is 30.3 Å². The number of benzene rings is 2. The first-order valence-electron chi connectivity index (χ1n) is 11.0. The van der Waals surface area contributed by atoms with Crippen molar-refractivity contribution in [3.63, 3.8) is 0 Å². The summed E-state index contributed by atoms with van der Waals surface area (Å²) < 4.78 is 5.66. The highest BCUT2D eigenvalue weighted by Gasteiger charge is 2.23. The number of H-pyrrole nitrogens is 1. The van der Waals surface area contributed by atoms with Crippen LogP contribution >= 0.6 is 0 Å². The quantitative estimate of drug-likeness (QED) is 0.275. The summed E-state index contributed by atoms with van der Waals surface area (Å²) in [5.74, 6) is 0.710. The number of hydrogen-bond acceptors (Lipinski definition) is 7. The van der Waals surface area contributed by atoms with Crippen LogP contribution < -0.4 is 16.5 Å². The fourth-order valence-electron chi connectivity index (χ4n) is 4.38. The van der Waals surface area contributed by atoms with Crippen LogP contribution in [0.5, 0.6) is 0 Å². The smallest absolute Gasteiger partial charge is 0.423 e. The number of amides is 1. The lowest BCUT2D eigenvalue weighted by molar-refractivity contribution is 0.100. The number of nitrogens with two attached hydrogens (primary N) is 1. The molecule has 0 saturated heterocycles. The van der Waals surface area contributed by atoms with Crippen LogP contribution in [0, 0.1) is 6.92 Å². The predicted octanol–water partition coefficient (Wildman–Crippen LogP) is 1.40. The average Bonchev–Trinajstić information content (AvgIpc) is 3.18. The van der Waals surface area contributed by atoms with Crippen LogP contribution in [0.1, 0.15) is 32.9 Å². The Morgan fingerprint density at radius 1 is 1.24 bits per heavy atom. The normalized spacial score (nSPS) is 13.0. The molecular weight excluding hydrogens is 433 g/mol. The molecule has 5 rings (SSSR count). The Morgan fingerprint density at radius 3 is 2.85 bits per heavy atom. The Balaban J connectivity index is 1.57. The molecule has 0 saturated carbocycles. The first-order chi connectivity index (χ1) is 16.4. The minimum atomic E-state index is -1.53. The van der Waals surface area contributed by atoms with Gasteiger partial charge in [0.1, 0.15) is 5.82 Å². The summed E-state index contributed by atoms with van der Waals surface area (Å²) in [6.07, 6.45) is 0.666. The summed E-state index contributed by atoms with van der Waals surface area (Å²) in [5.41, 5.74) is 11.4. The molecule has 4 aromatic rings. The largest absolute Gasteiger partial charge is 0.488 e. The maximum absolute atomic E-state index is 11.9. The van der Waals surface area contributed by atoms with Crippen LogP contribution in [0.25, 0.3) is 22.3 Å². The Kier molecular flexibility index (Phi) is 5.78. The molecule has 0 atom stereocenters. The molecular formula is C24H24BN5O4. The van der Waals surface area contributed by atoms with Crippen molar-refractivity contribution in [1.29, 1.82) is 0 Å². The minimum absolute atomic E-state index is 0.409. The second-order valence-electron chi connectivity index (χ2n) is 8.31. The van der Waals surface area contributed by atoms with Crippen LogP contribution in [0.4, 0.5) is 5.82 Å². The highest BCUT2D eigenvalue weighted by Crippen LogP contribution is 2.34. The van der Waals surface area contributed by atoms with Crippen LogP contribution in [0.3, 0.4) is 0 Å². The van der Waals surface area contributed by atoms with Crippen LogP contribution in [-0.4, -0.2) is 44.6 Å². The van der Waals surface area contributed by atoms with E-state index in [9.17, 15) is 14.8 Å². The molecule has 2 aromatic carbocycles. The average molecular weight is 457 g/mol. The van der Waals surface area contributed by atoms with E-state index in [1.165, 1.54) is 0 Å². The van der Waals surface area contributed by atoms with E-state index in [4.69, 9.17) is 20.4 Å². The standard InChI is InChI=1S/C24H24BN5O4/c1-13-20(16-6-3-7-17(22(26)31)21(16)28-13)24-29-19-8-9-34-12-18(19)23(30-24)27-11-14-4-2-5-15(10-14)25(32)33/h2-7,10,28,32-33H,8-9,11-12H2,1H3,(H2,26,31)(H,27,29,30). The molecule has 1 aliphatic rings. The fraction of sp³-hybridized carbons (Fsp3) is 0.208. The molecule has 10 heteroatoms. The lowest BCUT2D eigenvalue weighted by Crippen LogP contribution is -2.30. The maximum Gasteiger partial charge on any atom is 0.488 e. The van der Waals surface area contributed by atoms with Crippen molar-refractivity contribution in [3.05, 3.63) is 70.5 Å². The lowest BCUT2D eigenvalue weighted by atomic mass is 9.79. The van der Waals surface area contributed by atoms with Crippen molar-refractivity contribution >= 4 is 35.2 Å². The van der Waals surface area contributed by atoms with Crippen LogP contribution in [0.15, 0.2) is 42.5 Å². The van der Waals surface area contributed by atoms with Gasteiger partial charge in [0.25, 0.3) is 5.91 Å². The van der Waals surface area contributed by atoms with Gasteiger partial charge in [-0.05, 0) is 24.0 Å². The van der Waals surface area contributed by atoms with Crippen molar-refractivity contribution in [2.45, 2.75) is 26.5 Å². The second kappa shape index (κ2) is 8.90. The number of nitrogens with zero attached hydrogens (tertiary/aromatic N) is 2. The summed E-state index contributed by atoms with van der Waals surface area (Å²) in [6, 6.07) is 12.5. The third-order valence-corrected chi connectivity index (χ3v) is 6.04. The molecule has 0 spiro atoms. The van der Waals surface area contributed by atoms with Crippen LogP contribution in [-0.2, 0) is 24.3 Å². The molecule has 1 aliphatic heterocycles. The Labute approximate surface area is 196 Å². The number of aromatic nitrogens is 3. The summed E-state index contributed by atoms with van der Waals surface area (Å²) in [4.78, 5) is 24.9. The van der Waals surface area contributed by atoms with E-state index in [2.05, 4.69) is 10.3 Å². The van der Waals surface area contributed by atoms with E-state index in [-0.39, 0.29) is 0 Å². The molecule has 1 amide bonds. The highest BCUT2D eigenvalue weighted by molar-refractivity contribution is 6.58. The number of hydrogen-bond donors (Lipinski definition) is 5. The van der Waals surface area contributed by atoms with Crippen molar-refractivity contribution in [3.8, 4) is 11.4 Å². The zero-order valence-corrected chi connectivity index (χ0v) is 18.6. The summed E-state index contributed by atoms with van der Waals surface area (Å²) in [7, 11) is -1.53. The van der Waals surface area contributed by atoms with Crippen molar-refractivity contribution in [2.75, 3.05) is 11.9 Å². The molecule has 172 valence electrons. The number of aryl methyl sites for hydroxylation is 1. The van der Waals surface area contributed by atoms with Gasteiger partial charge in [0.2, 0.25) is 0 Å². The molecule has 2 aromatic heterocycles. The number of fused-ring (bicyclic) bond motifs is 2. The zero-order valence-electron chi connectivity index (χ0n) is 18.6. The van der Waals surface area contributed by atoms with Gasteiger partial charge in [-0.25, -0.2) is 9.97 Å². The number of ether oxygens (including phenoxy) is 1. The number of para-hydroxylation sites is 1. The SMILES string of the molecule is Cc1[nH]c2c(C(N)=O)cccc2c1-c1nc2c(c(NCc3cccc(B(O)O)c3)n1)COCC2. The third kappa shape index (κ3) is 4.03. The van der Waals surface area contributed by atoms with E-state index < -0.39 is 13.0 Å².